The summed E-state index contributed by atoms with van der Waals surface area (Å²) < 4.78 is 51.1. The van der Waals surface area contributed by atoms with Crippen LogP contribution in [0.4, 0.5) is 8.78 Å². The summed E-state index contributed by atoms with van der Waals surface area (Å²) in [6, 6.07) is 9.25. The fourth-order valence-corrected chi connectivity index (χ4v) is 3.92. The van der Waals surface area contributed by atoms with Crippen LogP contribution in [-0.4, -0.2) is 20.5 Å². The van der Waals surface area contributed by atoms with E-state index in [1.54, 1.807) is 18.2 Å². The van der Waals surface area contributed by atoms with E-state index in [1.807, 2.05) is 0 Å². The third-order valence-electron chi connectivity index (χ3n) is 3.95. The summed E-state index contributed by atoms with van der Waals surface area (Å²) >= 11 is 0. The van der Waals surface area contributed by atoms with Gasteiger partial charge >= 0.3 is 0 Å². The minimum absolute atomic E-state index is 0.101. The Morgan fingerprint density at radius 3 is 2.21 bits per heavy atom. The van der Waals surface area contributed by atoms with Gasteiger partial charge in [-0.3, -0.25) is 4.79 Å². The lowest BCUT2D eigenvalue weighted by molar-refractivity contribution is -0.113. The third kappa shape index (κ3) is 3.01. The lowest BCUT2D eigenvalue weighted by Gasteiger charge is -2.11. The zero-order valence-electron chi connectivity index (χ0n) is 12.8. The summed E-state index contributed by atoms with van der Waals surface area (Å²) in [6.07, 6.45) is 1.60. The molecule has 0 saturated heterocycles. The van der Waals surface area contributed by atoms with Crippen LogP contribution in [0.2, 0.25) is 0 Å². The Kier molecular flexibility index (Phi) is 4.09. The molecule has 2 aromatic carbocycles. The molecule has 0 aromatic heterocycles. The number of benzene rings is 2. The minimum atomic E-state index is -3.50. The topological polar surface area (TPSA) is 51.2 Å². The van der Waals surface area contributed by atoms with Gasteiger partial charge in [0.25, 0.3) is 0 Å². The largest absolute Gasteiger partial charge is 0.294 e. The van der Waals surface area contributed by atoms with E-state index in [9.17, 15) is 22.0 Å². The molecule has 0 saturated carbocycles. The monoisotopic (exact) mass is 348 g/mol. The summed E-state index contributed by atoms with van der Waals surface area (Å²) in [7, 11) is -3.50. The van der Waals surface area contributed by atoms with Crippen LogP contribution in [0, 0.1) is 11.6 Å². The molecule has 0 heterocycles. The quantitative estimate of drug-likeness (QED) is 0.851. The number of carbonyl (C=O) groups is 1. The molecule has 0 spiro atoms. The summed E-state index contributed by atoms with van der Waals surface area (Å²) in [4.78, 5) is 12.4. The zero-order valence-corrected chi connectivity index (χ0v) is 13.7. The van der Waals surface area contributed by atoms with Gasteiger partial charge in [-0.1, -0.05) is 18.2 Å². The summed E-state index contributed by atoms with van der Waals surface area (Å²) in [6.45, 7) is 0. The van der Waals surface area contributed by atoms with Gasteiger partial charge in [0.2, 0.25) is 0 Å². The van der Waals surface area contributed by atoms with Gasteiger partial charge in [0.05, 0.1) is 4.90 Å². The molecule has 3 rings (SSSR count). The highest BCUT2D eigenvalue weighted by Crippen LogP contribution is 2.40. The number of hydrogen-bond donors (Lipinski definition) is 0. The maximum atomic E-state index is 13.5. The summed E-state index contributed by atoms with van der Waals surface area (Å²) in [5, 5.41) is 0. The molecule has 1 aliphatic carbocycles. The number of sulfone groups is 1. The lowest BCUT2D eigenvalue weighted by atomic mass is 9.96. The smallest absolute Gasteiger partial charge is 0.176 e. The van der Waals surface area contributed by atoms with E-state index in [0.717, 1.165) is 24.5 Å². The molecule has 0 unspecified atom stereocenters. The van der Waals surface area contributed by atoms with Gasteiger partial charge in [-0.25, -0.2) is 17.2 Å². The van der Waals surface area contributed by atoms with Crippen molar-refractivity contribution in [2.24, 2.45) is 0 Å². The van der Waals surface area contributed by atoms with E-state index in [0.29, 0.717) is 17.6 Å². The Morgan fingerprint density at radius 1 is 0.958 bits per heavy atom. The standard InChI is InChI=1S/C18H14F2O3S/c1-24(22,23)17-5-3-2-4-14(17)15-6-7-16(21)18(15)11-8-12(19)10-13(20)9-11/h2-5,8-10H,6-7H2,1H3. The highest BCUT2D eigenvalue weighted by Gasteiger charge is 2.28. The van der Waals surface area contributed by atoms with E-state index in [1.165, 1.54) is 6.07 Å². The van der Waals surface area contributed by atoms with Gasteiger partial charge in [-0.2, -0.15) is 0 Å². The summed E-state index contributed by atoms with van der Waals surface area (Å²) in [5.74, 6) is -1.82. The molecule has 3 nitrogen and oxygen atoms in total. The molecule has 0 radical (unpaired) electrons. The van der Waals surface area contributed by atoms with Gasteiger partial charge in [0.1, 0.15) is 11.6 Å². The van der Waals surface area contributed by atoms with Crippen molar-refractivity contribution in [1.29, 1.82) is 0 Å². The molecule has 2 aromatic rings. The molecule has 6 heteroatoms. The van der Waals surface area contributed by atoms with Gasteiger partial charge in [-0.15, -0.1) is 0 Å². The van der Waals surface area contributed by atoms with Crippen molar-refractivity contribution in [2.75, 3.05) is 6.26 Å². The third-order valence-corrected chi connectivity index (χ3v) is 5.10. The van der Waals surface area contributed by atoms with Crippen molar-refractivity contribution in [3.05, 3.63) is 65.2 Å². The molecule has 0 aliphatic heterocycles. The van der Waals surface area contributed by atoms with Crippen LogP contribution < -0.4 is 0 Å². The molecular formula is C18H14F2O3S. The Balaban J connectivity index is 2.29. The van der Waals surface area contributed by atoms with Gasteiger partial charge in [-0.05, 0) is 41.3 Å². The molecule has 0 fully saturated rings. The van der Waals surface area contributed by atoms with E-state index in [4.69, 9.17) is 0 Å². The highest BCUT2D eigenvalue weighted by atomic mass is 32.2. The average molecular weight is 348 g/mol. The number of rotatable bonds is 3. The van der Waals surface area contributed by atoms with Crippen molar-refractivity contribution in [1.82, 2.24) is 0 Å². The predicted octanol–water partition coefficient (Wildman–Crippen LogP) is 3.64. The van der Waals surface area contributed by atoms with Gasteiger partial charge in [0.15, 0.2) is 15.6 Å². The number of halogens is 2. The Morgan fingerprint density at radius 2 is 1.58 bits per heavy atom. The molecular weight excluding hydrogens is 334 g/mol. The van der Waals surface area contributed by atoms with E-state index < -0.39 is 21.5 Å². The van der Waals surface area contributed by atoms with Crippen LogP contribution >= 0.6 is 0 Å². The molecule has 24 heavy (non-hydrogen) atoms. The summed E-state index contributed by atoms with van der Waals surface area (Å²) in [5.41, 5.74) is 1.23. The Hall–Kier alpha value is -2.34. The van der Waals surface area contributed by atoms with E-state index in [2.05, 4.69) is 0 Å². The maximum Gasteiger partial charge on any atom is 0.176 e. The van der Waals surface area contributed by atoms with E-state index >= 15 is 0 Å². The second-order valence-corrected chi connectivity index (χ2v) is 7.69. The van der Waals surface area contributed by atoms with Crippen molar-refractivity contribution in [2.45, 2.75) is 17.7 Å². The van der Waals surface area contributed by atoms with Crippen molar-refractivity contribution in [3.63, 3.8) is 0 Å². The lowest BCUT2D eigenvalue weighted by Crippen LogP contribution is -2.03. The molecule has 0 N–H and O–H groups in total. The Bertz CT molecular complexity index is 955. The molecule has 0 amide bonds. The number of ketones is 1. The van der Waals surface area contributed by atoms with Crippen LogP contribution in [0.15, 0.2) is 47.4 Å². The second-order valence-electron chi connectivity index (χ2n) is 5.70. The number of allylic oxidation sites excluding steroid dienone is 2. The number of carbonyl (C=O) groups excluding carboxylic acids is 1. The van der Waals surface area contributed by atoms with Gasteiger partial charge in [0, 0.05) is 24.3 Å². The van der Waals surface area contributed by atoms with Gasteiger partial charge < -0.3 is 0 Å². The second kappa shape index (κ2) is 5.94. The van der Waals surface area contributed by atoms with Crippen LogP contribution in [0.25, 0.3) is 11.1 Å². The first-order valence-electron chi connectivity index (χ1n) is 7.29. The van der Waals surface area contributed by atoms with Crippen molar-refractivity contribution < 1.29 is 22.0 Å². The first kappa shape index (κ1) is 16.5. The fraction of sp³-hybridized carbons (Fsp3) is 0.167. The molecule has 0 atom stereocenters. The fourth-order valence-electron chi connectivity index (χ4n) is 3.00. The van der Waals surface area contributed by atoms with Crippen LogP contribution in [-0.2, 0) is 14.6 Å². The zero-order chi connectivity index (χ0) is 17.5. The van der Waals surface area contributed by atoms with Crippen LogP contribution in [0.5, 0.6) is 0 Å². The van der Waals surface area contributed by atoms with Crippen molar-refractivity contribution in [3.8, 4) is 0 Å². The SMILES string of the molecule is CS(=O)(=O)c1ccccc1C1=C(c2cc(F)cc(F)c2)C(=O)CC1. The highest BCUT2D eigenvalue weighted by molar-refractivity contribution is 7.90. The first-order chi connectivity index (χ1) is 11.3. The average Bonchev–Trinajstić information content (AvgIpc) is 2.87. The van der Waals surface area contributed by atoms with Crippen LogP contribution in [0.1, 0.15) is 24.0 Å². The first-order valence-corrected chi connectivity index (χ1v) is 9.19. The normalized spacial score (nSPS) is 15.2. The minimum Gasteiger partial charge on any atom is -0.294 e. The Labute approximate surface area is 138 Å². The predicted molar refractivity (Wildman–Crippen MR) is 87.0 cm³/mol. The molecule has 0 bridgehead atoms. The molecule has 124 valence electrons. The van der Waals surface area contributed by atoms with Crippen LogP contribution in [0.3, 0.4) is 0 Å². The van der Waals surface area contributed by atoms with E-state index in [-0.39, 0.29) is 28.2 Å². The molecule has 1 aliphatic rings. The number of hydrogen-bond acceptors (Lipinski definition) is 3. The maximum absolute atomic E-state index is 13.5. The number of Topliss-reactive ketones (excluding diaryl/α,β-unsaturated/α-hetero) is 1. The van der Waals surface area contributed by atoms with Crippen molar-refractivity contribution >= 4 is 26.8 Å².